The maximum atomic E-state index is 3.79. The minimum Gasteiger partial charge on any atom is -0.355 e. The minimum absolute atomic E-state index is 0.0432. The number of para-hydroxylation sites is 1. The zero-order valence-corrected chi connectivity index (χ0v) is 23.1. The Bertz CT molecular complexity index is 1630. The first-order chi connectivity index (χ1) is 19.0. The maximum Gasteiger partial charge on any atom is 0.0463 e. The summed E-state index contributed by atoms with van der Waals surface area (Å²) in [6, 6.07) is 34.3. The highest BCUT2D eigenvalue weighted by atomic mass is 14.9. The molecule has 6 atom stereocenters. The van der Waals surface area contributed by atoms with Crippen LogP contribution in [0.5, 0.6) is 0 Å². The summed E-state index contributed by atoms with van der Waals surface area (Å²) >= 11 is 0. The highest BCUT2D eigenvalue weighted by Gasteiger charge is 2.69. The summed E-state index contributed by atoms with van der Waals surface area (Å²) in [6.45, 7) is 4.69. The van der Waals surface area contributed by atoms with Crippen molar-refractivity contribution in [3.8, 4) is 22.3 Å². The lowest BCUT2D eigenvalue weighted by Crippen LogP contribution is -2.43. The van der Waals surface area contributed by atoms with Gasteiger partial charge in [-0.3, -0.25) is 0 Å². The van der Waals surface area contributed by atoms with Gasteiger partial charge in [0.05, 0.1) is 0 Å². The molecule has 0 aliphatic heterocycles. The predicted octanol–water partition coefficient (Wildman–Crippen LogP) is 9.94. The smallest absolute Gasteiger partial charge is 0.0463 e. The third-order valence-corrected chi connectivity index (χ3v) is 12.0. The van der Waals surface area contributed by atoms with Crippen LogP contribution in [0.2, 0.25) is 0 Å². The third-order valence-electron chi connectivity index (χ3n) is 12.0. The van der Waals surface area contributed by atoms with Gasteiger partial charge in [0.1, 0.15) is 0 Å². The third kappa shape index (κ3) is 2.97. The van der Waals surface area contributed by atoms with Crippen LogP contribution in [-0.2, 0) is 5.41 Å². The first kappa shape index (κ1) is 22.5. The molecule has 1 N–H and O–H groups in total. The molecule has 0 amide bonds. The maximum absolute atomic E-state index is 3.79. The number of anilines is 2. The van der Waals surface area contributed by atoms with Gasteiger partial charge < -0.3 is 5.32 Å². The van der Waals surface area contributed by atoms with Gasteiger partial charge in [-0.1, -0.05) is 86.6 Å². The molecule has 0 aromatic heterocycles. The van der Waals surface area contributed by atoms with E-state index >= 15 is 0 Å². The van der Waals surface area contributed by atoms with Gasteiger partial charge >= 0.3 is 0 Å². The largest absolute Gasteiger partial charge is 0.355 e. The normalized spacial score (nSPS) is 31.9. The van der Waals surface area contributed by atoms with Crippen molar-refractivity contribution in [2.75, 3.05) is 5.32 Å². The van der Waals surface area contributed by atoms with Gasteiger partial charge in [0.25, 0.3) is 0 Å². The van der Waals surface area contributed by atoms with Crippen LogP contribution < -0.4 is 5.32 Å². The Morgan fingerprint density at radius 1 is 0.692 bits per heavy atom. The Kier molecular flexibility index (Phi) is 4.42. The number of rotatable bonds is 4. The van der Waals surface area contributed by atoms with Gasteiger partial charge in [0, 0.05) is 22.4 Å². The lowest BCUT2D eigenvalue weighted by molar-refractivity contribution is -0.00595. The van der Waals surface area contributed by atoms with E-state index in [1.165, 1.54) is 58.3 Å². The molecular formula is C38H37N. The number of hydrogen-bond acceptors (Lipinski definition) is 1. The second-order valence-electron chi connectivity index (χ2n) is 14.0. The Morgan fingerprint density at radius 2 is 1.46 bits per heavy atom. The number of hydrogen-bond donors (Lipinski definition) is 1. The van der Waals surface area contributed by atoms with Gasteiger partial charge in [-0.05, 0) is 119 Å². The molecule has 4 aromatic carbocycles. The summed E-state index contributed by atoms with van der Waals surface area (Å²) in [4.78, 5) is 0. The van der Waals surface area contributed by atoms with Crippen molar-refractivity contribution in [3.63, 3.8) is 0 Å². The summed E-state index contributed by atoms with van der Waals surface area (Å²) in [6.07, 6.45) is 7.64. The zero-order valence-electron chi connectivity index (χ0n) is 23.1. The second kappa shape index (κ2) is 7.66. The molecule has 6 unspecified atom stereocenters. The fourth-order valence-electron chi connectivity index (χ4n) is 10.5. The van der Waals surface area contributed by atoms with E-state index in [-0.39, 0.29) is 5.41 Å². The fraction of sp³-hybridized carbons (Fsp3) is 0.368. The van der Waals surface area contributed by atoms with Crippen molar-refractivity contribution in [3.05, 3.63) is 108 Å². The van der Waals surface area contributed by atoms with E-state index in [9.17, 15) is 0 Å². The predicted molar refractivity (Wildman–Crippen MR) is 161 cm³/mol. The van der Waals surface area contributed by atoms with Crippen LogP contribution in [0.25, 0.3) is 22.3 Å². The van der Waals surface area contributed by atoms with Crippen LogP contribution in [0.15, 0.2) is 91.0 Å². The van der Waals surface area contributed by atoms with E-state index < -0.39 is 0 Å². The van der Waals surface area contributed by atoms with E-state index in [1.54, 1.807) is 18.4 Å². The minimum atomic E-state index is 0.0432. The molecule has 0 saturated heterocycles. The van der Waals surface area contributed by atoms with E-state index in [2.05, 4.69) is 110 Å². The molecule has 4 saturated carbocycles. The van der Waals surface area contributed by atoms with Crippen LogP contribution >= 0.6 is 0 Å². The molecular weight excluding hydrogens is 470 g/mol. The lowest BCUT2D eigenvalue weighted by atomic mass is 9.54. The SMILES string of the molecule is CC1(C)c2ccccc2-c2cc(Nc3ccccc3-c3ccc(C4C5CC6CC7CC4C7(C6)C5)cc3)ccc21. The molecule has 5 aliphatic rings. The Hall–Kier alpha value is -3.32. The monoisotopic (exact) mass is 507 g/mol. The molecule has 4 fully saturated rings. The topological polar surface area (TPSA) is 12.0 Å². The first-order valence-corrected chi connectivity index (χ1v) is 15.2. The van der Waals surface area contributed by atoms with Crippen molar-refractivity contribution in [1.29, 1.82) is 0 Å². The van der Waals surface area contributed by atoms with Gasteiger partial charge in [-0.15, -0.1) is 0 Å². The van der Waals surface area contributed by atoms with Crippen molar-refractivity contribution >= 4 is 11.4 Å². The molecule has 194 valence electrons. The van der Waals surface area contributed by atoms with Gasteiger partial charge in [-0.2, -0.15) is 0 Å². The average Bonchev–Trinajstić information content (AvgIpc) is 3.38. The number of benzene rings is 4. The molecule has 5 aliphatic carbocycles. The Balaban J connectivity index is 1.02. The Labute approximate surface area is 232 Å². The van der Waals surface area contributed by atoms with E-state index in [4.69, 9.17) is 0 Å². The molecule has 1 spiro atoms. The van der Waals surface area contributed by atoms with Crippen LogP contribution in [0, 0.1) is 29.1 Å². The Morgan fingerprint density at radius 3 is 2.33 bits per heavy atom. The molecule has 4 aromatic rings. The summed E-state index contributed by atoms with van der Waals surface area (Å²) in [5, 5.41) is 3.79. The van der Waals surface area contributed by atoms with Crippen molar-refractivity contribution < 1.29 is 0 Å². The molecule has 9 rings (SSSR count). The highest BCUT2D eigenvalue weighted by Crippen LogP contribution is 2.78. The quantitative estimate of drug-likeness (QED) is 0.290. The van der Waals surface area contributed by atoms with Gasteiger partial charge in [0.2, 0.25) is 0 Å². The molecule has 1 nitrogen and oxygen atoms in total. The molecule has 0 radical (unpaired) electrons. The van der Waals surface area contributed by atoms with E-state index in [0.29, 0.717) is 0 Å². The van der Waals surface area contributed by atoms with Crippen LogP contribution in [0.1, 0.15) is 68.6 Å². The van der Waals surface area contributed by atoms with E-state index in [0.717, 1.165) is 40.7 Å². The van der Waals surface area contributed by atoms with Crippen molar-refractivity contribution in [2.24, 2.45) is 29.1 Å². The van der Waals surface area contributed by atoms with Crippen molar-refractivity contribution in [1.82, 2.24) is 0 Å². The van der Waals surface area contributed by atoms with E-state index in [1.807, 2.05) is 0 Å². The van der Waals surface area contributed by atoms with Crippen LogP contribution in [-0.4, -0.2) is 0 Å². The zero-order chi connectivity index (χ0) is 25.9. The summed E-state index contributed by atoms with van der Waals surface area (Å²) in [7, 11) is 0. The molecule has 1 heteroatoms. The first-order valence-electron chi connectivity index (χ1n) is 15.2. The van der Waals surface area contributed by atoms with Crippen molar-refractivity contribution in [2.45, 2.75) is 57.3 Å². The highest BCUT2D eigenvalue weighted by molar-refractivity contribution is 5.86. The van der Waals surface area contributed by atoms with Gasteiger partial charge in [-0.25, -0.2) is 0 Å². The molecule has 39 heavy (non-hydrogen) atoms. The summed E-state index contributed by atoms with van der Waals surface area (Å²) in [5.41, 5.74) is 12.9. The molecule has 3 bridgehead atoms. The van der Waals surface area contributed by atoms with Crippen LogP contribution in [0.3, 0.4) is 0 Å². The number of fused-ring (bicyclic) bond motifs is 5. The average molecular weight is 508 g/mol. The number of nitrogens with one attached hydrogen (secondary N) is 1. The standard InChI is InChI=1S/C38H37N/c1-37(2)32-9-5-3-8-30(32)31-20-28(15-16-33(31)37)39-35-10-6-4-7-29(35)24-11-13-25(14-12-24)36-26-17-23-18-27-19-34(36)38(27,21-23)22-26/h3-16,20,23,26-27,34,36,39H,17-19,21-22H2,1-2H3. The fourth-order valence-corrected chi connectivity index (χ4v) is 10.5. The van der Waals surface area contributed by atoms with Gasteiger partial charge in [0.15, 0.2) is 0 Å². The molecule has 0 heterocycles. The summed E-state index contributed by atoms with van der Waals surface area (Å²) in [5.74, 6) is 4.83. The summed E-state index contributed by atoms with van der Waals surface area (Å²) < 4.78 is 0. The lowest BCUT2D eigenvalue weighted by Gasteiger charge is -2.50. The van der Waals surface area contributed by atoms with Crippen LogP contribution in [0.4, 0.5) is 11.4 Å². The second-order valence-corrected chi connectivity index (χ2v) is 14.0.